The lowest BCUT2D eigenvalue weighted by atomic mass is 9.86. The van der Waals surface area contributed by atoms with Crippen molar-refractivity contribution in [2.45, 2.75) is 38.3 Å². The monoisotopic (exact) mass is 399 g/mol. The third-order valence-corrected chi connectivity index (χ3v) is 5.97. The normalized spacial score (nSPS) is 21.0. The summed E-state index contributed by atoms with van der Waals surface area (Å²) in [7, 11) is 1.57. The van der Waals surface area contributed by atoms with Crippen LogP contribution in [0.4, 0.5) is 0 Å². The highest BCUT2D eigenvalue weighted by Crippen LogP contribution is 2.41. The molecule has 4 rings (SSSR count). The number of phenolic OH excluding ortho intramolecular Hbond substituents is 1. The van der Waals surface area contributed by atoms with Crippen molar-refractivity contribution < 1.29 is 24.4 Å². The van der Waals surface area contributed by atoms with Crippen LogP contribution in [0.1, 0.15) is 43.2 Å². The highest BCUT2D eigenvalue weighted by Gasteiger charge is 2.28. The lowest BCUT2D eigenvalue weighted by Gasteiger charge is -2.36. The van der Waals surface area contributed by atoms with Crippen LogP contribution in [0.5, 0.6) is 23.0 Å². The van der Waals surface area contributed by atoms with E-state index in [2.05, 4.69) is 11.8 Å². The fourth-order valence-electron chi connectivity index (χ4n) is 4.37. The Hall–Kier alpha value is -2.44. The summed E-state index contributed by atoms with van der Waals surface area (Å²) in [4.78, 5) is 2.15. The van der Waals surface area contributed by atoms with E-state index in [1.807, 2.05) is 30.3 Å². The summed E-state index contributed by atoms with van der Waals surface area (Å²) < 4.78 is 16.2. The molecule has 0 bridgehead atoms. The summed E-state index contributed by atoms with van der Waals surface area (Å²) >= 11 is 0. The van der Waals surface area contributed by atoms with Gasteiger partial charge in [0.15, 0.2) is 11.5 Å². The van der Waals surface area contributed by atoms with E-state index in [1.165, 1.54) is 6.42 Å². The Balaban J connectivity index is 1.65. The number of rotatable bonds is 6. The molecule has 2 aromatic carbocycles. The summed E-state index contributed by atoms with van der Waals surface area (Å²) in [6, 6.07) is 11.1. The first-order valence-corrected chi connectivity index (χ1v) is 10.2. The maximum Gasteiger partial charge on any atom is 0.231 e. The van der Waals surface area contributed by atoms with E-state index in [1.54, 1.807) is 13.2 Å². The minimum atomic E-state index is -0.588. The molecular formula is C23H29NO5. The Morgan fingerprint density at radius 3 is 2.76 bits per heavy atom. The van der Waals surface area contributed by atoms with Crippen LogP contribution in [0, 0.1) is 5.92 Å². The molecule has 0 aromatic heterocycles. The molecule has 0 spiro atoms. The van der Waals surface area contributed by atoms with Crippen LogP contribution >= 0.6 is 0 Å². The number of hydrogen-bond acceptors (Lipinski definition) is 6. The van der Waals surface area contributed by atoms with Crippen molar-refractivity contribution in [3.63, 3.8) is 0 Å². The minimum Gasteiger partial charge on any atom is -0.508 e. The van der Waals surface area contributed by atoms with Gasteiger partial charge in [0.1, 0.15) is 17.7 Å². The molecule has 0 aliphatic carbocycles. The molecule has 0 amide bonds. The molecule has 2 aromatic rings. The largest absolute Gasteiger partial charge is 0.508 e. The standard InChI is InChI=1S/C23H29NO5/c1-15-4-3-9-24(13-15)23(26)12-19(18-7-6-17(27-2)11-20(18)25)16-5-8-21-22(10-16)29-14-28-21/h5-8,10-11,15,19,23,25-26H,3-4,9,12-14H2,1-2H3. The fraction of sp³-hybridized carbons (Fsp3) is 0.478. The molecule has 2 aliphatic heterocycles. The van der Waals surface area contributed by atoms with Crippen LogP contribution < -0.4 is 14.2 Å². The quantitative estimate of drug-likeness (QED) is 0.772. The topological polar surface area (TPSA) is 71.4 Å². The predicted octanol–water partition coefficient (Wildman–Crippen LogP) is 3.70. The van der Waals surface area contributed by atoms with Gasteiger partial charge in [-0.05, 0) is 48.9 Å². The van der Waals surface area contributed by atoms with Crippen LogP contribution in [-0.4, -0.2) is 48.3 Å². The Labute approximate surface area is 171 Å². The molecular weight excluding hydrogens is 370 g/mol. The zero-order valence-electron chi connectivity index (χ0n) is 17.0. The van der Waals surface area contributed by atoms with Crippen molar-refractivity contribution in [3.8, 4) is 23.0 Å². The van der Waals surface area contributed by atoms with E-state index in [9.17, 15) is 10.2 Å². The van der Waals surface area contributed by atoms with Gasteiger partial charge in [-0.3, -0.25) is 4.90 Å². The maximum absolute atomic E-state index is 11.0. The number of ether oxygens (including phenoxy) is 3. The van der Waals surface area contributed by atoms with Gasteiger partial charge >= 0.3 is 0 Å². The second kappa shape index (κ2) is 8.51. The Morgan fingerprint density at radius 1 is 1.17 bits per heavy atom. The van der Waals surface area contributed by atoms with Crippen molar-refractivity contribution in [1.82, 2.24) is 4.90 Å². The summed E-state index contributed by atoms with van der Waals surface area (Å²) in [6.45, 7) is 4.23. The van der Waals surface area contributed by atoms with Gasteiger partial charge in [0, 0.05) is 30.6 Å². The molecule has 156 valence electrons. The second-order valence-electron chi connectivity index (χ2n) is 8.05. The zero-order chi connectivity index (χ0) is 20.4. The van der Waals surface area contributed by atoms with Gasteiger partial charge in [-0.15, -0.1) is 0 Å². The van der Waals surface area contributed by atoms with Crippen molar-refractivity contribution in [2.24, 2.45) is 5.92 Å². The number of piperidine rings is 1. The van der Waals surface area contributed by atoms with Gasteiger partial charge in [0.2, 0.25) is 6.79 Å². The molecule has 2 heterocycles. The maximum atomic E-state index is 11.0. The SMILES string of the molecule is COc1ccc(C(CC(O)N2CCCC(C)C2)c2ccc3c(c2)OCO3)c(O)c1. The van der Waals surface area contributed by atoms with Gasteiger partial charge in [0.25, 0.3) is 0 Å². The Kier molecular flexibility index (Phi) is 5.83. The van der Waals surface area contributed by atoms with Gasteiger partial charge in [-0.25, -0.2) is 0 Å². The van der Waals surface area contributed by atoms with Gasteiger partial charge in [-0.2, -0.15) is 0 Å². The van der Waals surface area contributed by atoms with E-state index in [4.69, 9.17) is 14.2 Å². The van der Waals surface area contributed by atoms with Crippen LogP contribution in [0.3, 0.4) is 0 Å². The molecule has 1 saturated heterocycles. The highest BCUT2D eigenvalue weighted by molar-refractivity contribution is 5.50. The molecule has 2 aliphatic rings. The summed E-state index contributed by atoms with van der Waals surface area (Å²) in [5, 5.41) is 21.7. The van der Waals surface area contributed by atoms with Crippen LogP contribution in [0.15, 0.2) is 36.4 Å². The van der Waals surface area contributed by atoms with Crippen LogP contribution in [0.25, 0.3) is 0 Å². The first kappa shape index (κ1) is 19.9. The molecule has 0 saturated carbocycles. The predicted molar refractivity (Wildman–Crippen MR) is 110 cm³/mol. The third kappa shape index (κ3) is 4.28. The number of aromatic hydroxyl groups is 1. The first-order valence-electron chi connectivity index (χ1n) is 10.2. The highest BCUT2D eigenvalue weighted by atomic mass is 16.7. The number of nitrogens with zero attached hydrogens (tertiary/aromatic N) is 1. The number of aliphatic hydroxyl groups is 1. The van der Waals surface area contributed by atoms with Crippen LogP contribution in [0.2, 0.25) is 0 Å². The average Bonchev–Trinajstić information content (AvgIpc) is 3.20. The molecule has 0 radical (unpaired) electrons. The number of hydrogen-bond donors (Lipinski definition) is 2. The van der Waals surface area contributed by atoms with Crippen molar-refractivity contribution in [3.05, 3.63) is 47.5 Å². The summed E-state index contributed by atoms with van der Waals surface area (Å²) in [6.07, 6.45) is 2.19. The molecule has 1 fully saturated rings. The Morgan fingerprint density at radius 2 is 2.00 bits per heavy atom. The zero-order valence-corrected chi connectivity index (χ0v) is 17.0. The fourth-order valence-corrected chi connectivity index (χ4v) is 4.37. The van der Waals surface area contributed by atoms with E-state index in [-0.39, 0.29) is 18.5 Å². The van der Waals surface area contributed by atoms with Crippen molar-refractivity contribution in [1.29, 1.82) is 0 Å². The van der Waals surface area contributed by atoms with E-state index in [0.717, 1.165) is 36.4 Å². The van der Waals surface area contributed by atoms with E-state index >= 15 is 0 Å². The van der Waals surface area contributed by atoms with Gasteiger partial charge in [0.05, 0.1) is 7.11 Å². The lowest BCUT2D eigenvalue weighted by molar-refractivity contribution is -0.0269. The first-order chi connectivity index (χ1) is 14.0. The molecule has 3 unspecified atom stereocenters. The number of aliphatic hydroxyl groups excluding tert-OH is 1. The number of likely N-dealkylation sites (tertiary alicyclic amines) is 1. The van der Waals surface area contributed by atoms with E-state index < -0.39 is 6.23 Å². The smallest absolute Gasteiger partial charge is 0.231 e. The third-order valence-electron chi connectivity index (χ3n) is 5.97. The molecule has 6 heteroatoms. The van der Waals surface area contributed by atoms with Gasteiger partial charge in [-0.1, -0.05) is 19.1 Å². The Bertz CT molecular complexity index is 855. The van der Waals surface area contributed by atoms with Crippen LogP contribution in [-0.2, 0) is 0 Å². The molecule has 29 heavy (non-hydrogen) atoms. The van der Waals surface area contributed by atoms with Crippen molar-refractivity contribution in [2.75, 3.05) is 27.0 Å². The van der Waals surface area contributed by atoms with Gasteiger partial charge < -0.3 is 24.4 Å². The van der Waals surface area contributed by atoms with E-state index in [0.29, 0.717) is 23.8 Å². The number of benzene rings is 2. The number of fused-ring (bicyclic) bond motifs is 1. The number of phenols is 1. The average molecular weight is 399 g/mol. The number of methoxy groups -OCH3 is 1. The molecule has 2 N–H and O–H groups in total. The molecule has 6 nitrogen and oxygen atoms in total. The lowest BCUT2D eigenvalue weighted by Crippen LogP contribution is -2.42. The molecule has 3 atom stereocenters. The summed E-state index contributed by atoms with van der Waals surface area (Å²) in [5.41, 5.74) is 1.73. The second-order valence-corrected chi connectivity index (χ2v) is 8.05. The minimum absolute atomic E-state index is 0.159. The van der Waals surface area contributed by atoms with Crippen molar-refractivity contribution >= 4 is 0 Å². The summed E-state index contributed by atoms with van der Waals surface area (Å²) in [5.74, 6) is 2.56.